The summed E-state index contributed by atoms with van der Waals surface area (Å²) in [6, 6.07) is 17.9. The van der Waals surface area contributed by atoms with E-state index in [1.54, 1.807) is 12.1 Å². The first-order valence-corrected chi connectivity index (χ1v) is 7.63. The van der Waals surface area contributed by atoms with Gasteiger partial charge in [0.05, 0.1) is 5.69 Å². The van der Waals surface area contributed by atoms with Crippen molar-refractivity contribution >= 4 is 5.82 Å². The normalized spacial score (nSPS) is 10.4. The molecule has 1 aromatic heterocycles. The summed E-state index contributed by atoms with van der Waals surface area (Å²) in [5.41, 5.74) is 1.98. The molecule has 0 saturated carbocycles. The summed E-state index contributed by atoms with van der Waals surface area (Å²) < 4.78 is 13.1. The Hall–Kier alpha value is -3.20. The van der Waals surface area contributed by atoms with E-state index in [2.05, 4.69) is 16.3 Å². The van der Waals surface area contributed by atoms with E-state index in [9.17, 15) is 9.65 Å². The number of rotatable bonds is 5. The molecule has 0 aliphatic heterocycles. The van der Waals surface area contributed by atoms with Crippen LogP contribution in [0.25, 0.3) is 5.69 Å². The predicted octanol–water partition coefficient (Wildman–Crippen LogP) is 3.30. The van der Waals surface area contributed by atoms with E-state index in [1.807, 2.05) is 42.2 Å². The number of nitrogens with zero attached hydrogens (tertiary/aromatic N) is 5. The number of hydrogen-bond acceptors (Lipinski definition) is 4. The Labute approximate surface area is 139 Å². The number of anilines is 1. The van der Waals surface area contributed by atoms with E-state index >= 15 is 0 Å². The molecule has 0 radical (unpaired) electrons. The maximum absolute atomic E-state index is 13.1. The highest BCUT2D eigenvalue weighted by Crippen LogP contribution is 2.19. The van der Waals surface area contributed by atoms with E-state index in [-0.39, 0.29) is 11.5 Å². The van der Waals surface area contributed by atoms with Gasteiger partial charge in [0.25, 0.3) is 0 Å². The first-order valence-electron chi connectivity index (χ1n) is 7.63. The molecule has 0 unspecified atom stereocenters. The lowest BCUT2D eigenvalue weighted by molar-refractivity contribution is 0.626. The molecule has 0 atom stereocenters. The van der Waals surface area contributed by atoms with E-state index < -0.39 is 0 Å². The van der Waals surface area contributed by atoms with Crippen LogP contribution in [-0.4, -0.2) is 21.5 Å². The second-order valence-corrected chi connectivity index (χ2v) is 5.25. The molecule has 3 aromatic rings. The van der Waals surface area contributed by atoms with Crippen molar-refractivity contribution in [1.82, 2.24) is 15.0 Å². The molecule has 0 spiro atoms. The fraction of sp³-hybridized carbons (Fsp3) is 0.167. The number of aromatic nitrogens is 3. The predicted molar refractivity (Wildman–Crippen MR) is 89.2 cm³/mol. The SMILES string of the molecule is CCN(Cc1ccccc1)c1nn(-c2ccc(F)cc2)nc1C#N. The van der Waals surface area contributed by atoms with Crippen molar-refractivity contribution in [3.05, 3.63) is 71.7 Å². The fourth-order valence-electron chi connectivity index (χ4n) is 2.41. The quantitative estimate of drug-likeness (QED) is 0.723. The van der Waals surface area contributed by atoms with Crippen LogP contribution in [0.2, 0.25) is 0 Å². The summed E-state index contributed by atoms with van der Waals surface area (Å²) in [6.07, 6.45) is 0. The minimum Gasteiger partial charge on any atom is -0.349 e. The van der Waals surface area contributed by atoms with Gasteiger partial charge in [0.2, 0.25) is 5.69 Å². The first kappa shape index (κ1) is 15.7. The molecule has 5 nitrogen and oxygen atoms in total. The molecule has 0 aliphatic carbocycles. The lowest BCUT2D eigenvalue weighted by Crippen LogP contribution is -2.23. The summed E-state index contributed by atoms with van der Waals surface area (Å²) in [7, 11) is 0. The van der Waals surface area contributed by atoms with Gasteiger partial charge in [0.15, 0.2) is 5.82 Å². The topological polar surface area (TPSA) is 57.7 Å². The Morgan fingerprint density at radius 2 is 1.79 bits per heavy atom. The first-order chi connectivity index (χ1) is 11.7. The van der Waals surface area contributed by atoms with Gasteiger partial charge in [-0.1, -0.05) is 30.3 Å². The van der Waals surface area contributed by atoms with Crippen molar-refractivity contribution < 1.29 is 4.39 Å². The Morgan fingerprint density at radius 1 is 1.08 bits per heavy atom. The van der Waals surface area contributed by atoms with Crippen LogP contribution in [0, 0.1) is 17.1 Å². The van der Waals surface area contributed by atoms with Gasteiger partial charge in [-0.25, -0.2) is 4.39 Å². The van der Waals surface area contributed by atoms with E-state index in [1.165, 1.54) is 16.9 Å². The molecule has 6 heteroatoms. The average Bonchev–Trinajstić information content (AvgIpc) is 3.05. The van der Waals surface area contributed by atoms with Crippen LogP contribution in [0.4, 0.5) is 10.2 Å². The average molecular weight is 321 g/mol. The second kappa shape index (κ2) is 6.92. The third kappa shape index (κ3) is 3.25. The minimum atomic E-state index is -0.328. The third-order valence-corrected chi connectivity index (χ3v) is 3.66. The summed E-state index contributed by atoms with van der Waals surface area (Å²) in [6.45, 7) is 3.32. The van der Waals surface area contributed by atoms with Crippen molar-refractivity contribution in [3.8, 4) is 11.8 Å². The monoisotopic (exact) mass is 321 g/mol. The summed E-state index contributed by atoms with van der Waals surface area (Å²) >= 11 is 0. The van der Waals surface area contributed by atoms with Gasteiger partial charge in [-0.3, -0.25) is 0 Å². The summed E-state index contributed by atoms with van der Waals surface area (Å²) in [5, 5.41) is 18.0. The minimum absolute atomic E-state index is 0.247. The highest BCUT2D eigenvalue weighted by Gasteiger charge is 2.18. The molecular weight excluding hydrogens is 305 g/mol. The van der Waals surface area contributed by atoms with Crippen LogP contribution in [0.1, 0.15) is 18.2 Å². The van der Waals surface area contributed by atoms with Gasteiger partial charge in [-0.2, -0.15) is 5.26 Å². The maximum Gasteiger partial charge on any atom is 0.207 e. The lowest BCUT2D eigenvalue weighted by Gasteiger charge is -2.20. The van der Waals surface area contributed by atoms with Crippen molar-refractivity contribution in [1.29, 1.82) is 5.26 Å². The standard InChI is InChI=1S/C18H16FN5/c1-2-23(13-14-6-4-3-5-7-14)18-17(12-20)21-24(22-18)16-10-8-15(19)9-11-16/h3-11H,2,13H2,1H3. The Bertz CT molecular complexity index is 849. The summed E-state index contributed by atoms with van der Waals surface area (Å²) in [4.78, 5) is 3.35. The fourth-order valence-corrected chi connectivity index (χ4v) is 2.41. The molecule has 0 aliphatic rings. The highest BCUT2D eigenvalue weighted by molar-refractivity contribution is 5.50. The zero-order valence-corrected chi connectivity index (χ0v) is 13.2. The Balaban J connectivity index is 1.94. The molecule has 120 valence electrons. The second-order valence-electron chi connectivity index (χ2n) is 5.25. The van der Waals surface area contributed by atoms with E-state index in [0.717, 1.165) is 5.56 Å². The van der Waals surface area contributed by atoms with Crippen molar-refractivity contribution in [2.45, 2.75) is 13.5 Å². The van der Waals surface area contributed by atoms with Gasteiger partial charge < -0.3 is 4.90 Å². The van der Waals surface area contributed by atoms with Crippen molar-refractivity contribution in [2.75, 3.05) is 11.4 Å². The van der Waals surface area contributed by atoms with Crippen LogP contribution < -0.4 is 4.90 Å². The molecule has 3 rings (SSSR count). The number of benzene rings is 2. The Morgan fingerprint density at radius 3 is 2.42 bits per heavy atom. The van der Waals surface area contributed by atoms with E-state index in [4.69, 9.17) is 0 Å². The van der Waals surface area contributed by atoms with Crippen molar-refractivity contribution in [2.24, 2.45) is 0 Å². The maximum atomic E-state index is 13.1. The number of hydrogen-bond donors (Lipinski definition) is 0. The van der Waals surface area contributed by atoms with Gasteiger partial charge in [0.1, 0.15) is 11.9 Å². The van der Waals surface area contributed by atoms with Crippen LogP contribution >= 0.6 is 0 Å². The van der Waals surface area contributed by atoms with Crippen LogP contribution in [-0.2, 0) is 6.54 Å². The van der Waals surface area contributed by atoms with Gasteiger partial charge >= 0.3 is 0 Å². The third-order valence-electron chi connectivity index (χ3n) is 3.66. The molecular formula is C18H16FN5. The molecule has 1 heterocycles. The zero-order chi connectivity index (χ0) is 16.9. The summed E-state index contributed by atoms with van der Waals surface area (Å²) in [5.74, 6) is 0.194. The largest absolute Gasteiger partial charge is 0.349 e. The zero-order valence-electron chi connectivity index (χ0n) is 13.2. The smallest absolute Gasteiger partial charge is 0.207 e. The number of nitriles is 1. The lowest BCUT2D eigenvalue weighted by atomic mass is 10.2. The Kier molecular flexibility index (Phi) is 4.52. The molecule has 24 heavy (non-hydrogen) atoms. The van der Waals surface area contributed by atoms with E-state index in [0.29, 0.717) is 24.6 Å². The van der Waals surface area contributed by atoms with Gasteiger partial charge in [-0.05, 0) is 36.8 Å². The van der Waals surface area contributed by atoms with Crippen LogP contribution in [0.15, 0.2) is 54.6 Å². The van der Waals surface area contributed by atoms with Gasteiger partial charge in [0, 0.05) is 13.1 Å². The highest BCUT2D eigenvalue weighted by atomic mass is 19.1. The molecule has 0 amide bonds. The number of halogens is 1. The van der Waals surface area contributed by atoms with Crippen LogP contribution in [0.3, 0.4) is 0 Å². The van der Waals surface area contributed by atoms with Gasteiger partial charge in [-0.15, -0.1) is 15.0 Å². The molecule has 0 bridgehead atoms. The molecule has 0 fully saturated rings. The molecule has 0 N–H and O–H groups in total. The molecule has 0 saturated heterocycles. The molecule has 2 aromatic carbocycles. The van der Waals surface area contributed by atoms with Crippen LogP contribution in [0.5, 0.6) is 0 Å². The van der Waals surface area contributed by atoms with Crippen molar-refractivity contribution in [3.63, 3.8) is 0 Å².